The minimum atomic E-state index is -0.552. The van der Waals surface area contributed by atoms with Gasteiger partial charge in [0.05, 0.1) is 26.5 Å². The maximum atomic E-state index is 13.8. The lowest BCUT2D eigenvalue weighted by molar-refractivity contribution is -0.118. The van der Waals surface area contributed by atoms with Crippen LogP contribution in [0.15, 0.2) is 65.0 Å². The SMILES string of the molecule is CCCOc1ccc([C@@H]2C(C(=O)Nc3ccccc3OC)=C(C)NC3=C2C(=O)CC(C)(C)C3)cc1OC. The number of ether oxygens (including phenoxy) is 3. The highest BCUT2D eigenvalue weighted by atomic mass is 16.5. The zero-order chi connectivity index (χ0) is 26.7. The topological polar surface area (TPSA) is 85.9 Å². The van der Waals surface area contributed by atoms with E-state index >= 15 is 0 Å². The number of carbonyl (C=O) groups excluding carboxylic acids is 2. The molecule has 37 heavy (non-hydrogen) atoms. The van der Waals surface area contributed by atoms with Crippen molar-refractivity contribution in [2.75, 3.05) is 26.1 Å². The van der Waals surface area contributed by atoms with E-state index in [1.807, 2.05) is 44.2 Å². The molecule has 0 spiro atoms. The molecule has 2 aromatic rings. The molecule has 2 N–H and O–H groups in total. The van der Waals surface area contributed by atoms with E-state index in [2.05, 4.69) is 24.5 Å². The number of anilines is 1. The molecule has 1 aliphatic heterocycles. The summed E-state index contributed by atoms with van der Waals surface area (Å²) in [6, 6.07) is 12.9. The van der Waals surface area contributed by atoms with E-state index in [1.165, 1.54) is 0 Å². The van der Waals surface area contributed by atoms with Crippen molar-refractivity contribution in [1.82, 2.24) is 5.32 Å². The highest BCUT2D eigenvalue weighted by Gasteiger charge is 2.43. The van der Waals surface area contributed by atoms with Crippen molar-refractivity contribution in [3.63, 3.8) is 0 Å². The molecule has 0 saturated carbocycles. The summed E-state index contributed by atoms with van der Waals surface area (Å²) < 4.78 is 16.9. The van der Waals surface area contributed by atoms with Crippen LogP contribution >= 0.6 is 0 Å². The normalized spacial score (nSPS) is 18.6. The minimum absolute atomic E-state index is 0.0455. The molecule has 1 atom stereocenters. The van der Waals surface area contributed by atoms with Gasteiger partial charge in [-0.05, 0) is 55.0 Å². The summed E-state index contributed by atoms with van der Waals surface area (Å²) in [5.41, 5.74) is 3.91. The zero-order valence-electron chi connectivity index (χ0n) is 22.5. The predicted molar refractivity (Wildman–Crippen MR) is 144 cm³/mol. The zero-order valence-corrected chi connectivity index (χ0v) is 22.5. The van der Waals surface area contributed by atoms with Crippen LogP contribution in [-0.2, 0) is 9.59 Å². The second kappa shape index (κ2) is 10.7. The van der Waals surface area contributed by atoms with Crippen LogP contribution in [0.3, 0.4) is 0 Å². The Kier molecular flexibility index (Phi) is 7.62. The van der Waals surface area contributed by atoms with Crippen molar-refractivity contribution < 1.29 is 23.8 Å². The number of amides is 1. The summed E-state index contributed by atoms with van der Waals surface area (Å²) in [4.78, 5) is 27.4. The molecule has 0 fully saturated rings. The van der Waals surface area contributed by atoms with Gasteiger partial charge in [-0.15, -0.1) is 0 Å². The molecule has 1 aliphatic carbocycles. The minimum Gasteiger partial charge on any atom is -0.495 e. The smallest absolute Gasteiger partial charge is 0.254 e. The number of Topliss-reactive ketones (excluding diaryl/α,β-unsaturated/α-hetero) is 1. The van der Waals surface area contributed by atoms with Gasteiger partial charge in [-0.3, -0.25) is 9.59 Å². The number of rotatable bonds is 8. The lowest BCUT2D eigenvalue weighted by Crippen LogP contribution is -2.39. The third-order valence-corrected chi connectivity index (χ3v) is 6.82. The average molecular weight is 505 g/mol. The molecule has 1 amide bonds. The lowest BCUT2D eigenvalue weighted by Gasteiger charge is -2.39. The number of dihydropyridines is 1. The molecule has 0 unspecified atom stereocenters. The molecule has 196 valence electrons. The van der Waals surface area contributed by atoms with Gasteiger partial charge in [0.25, 0.3) is 5.91 Å². The largest absolute Gasteiger partial charge is 0.495 e. The third-order valence-electron chi connectivity index (χ3n) is 6.82. The number of methoxy groups -OCH3 is 2. The maximum absolute atomic E-state index is 13.8. The molecule has 7 nitrogen and oxygen atoms in total. The van der Waals surface area contributed by atoms with Crippen molar-refractivity contribution in [3.05, 3.63) is 70.6 Å². The quantitative estimate of drug-likeness (QED) is 0.477. The molecule has 7 heteroatoms. The summed E-state index contributed by atoms with van der Waals surface area (Å²) in [7, 11) is 3.16. The predicted octanol–water partition coefficient (Wildman–Crippen LogP) is 5.74. The first-order valence-electron chi connectivity index (χ1n) is 12.7. The molecule has 0 bridgehead atoms. The van der Waals surface area contributed by atoms with Crippen molar-refractivity contribution in [2.24, 2.45) is 5.41 Å². The number of para-hydroxylation sites is 2. The van der Waals surface area contributed by atoms with Crippen LogP contribution in [0, 0.1) is 5.41 Å². The van der Waals surface area contributed by atoms with Gasteiger partial charge in [0.1, 0.15) is 5.75 Å². The number of allylic oxidation sites excluding steroid dienone is 3. The first-order valence-corrected chi connectivity index (χ1v) is 12.7. The van der Waals surface area contributed by atoms with E-state index in [0.717, 1.165) is 24.1 Å². The fourth-order valence-corrected chi connectivity index (χ4v) is 5.20. The van der Waals surface area contributed by atoms with E-state index in [4.69, 9.17) is 14.2 Å². The van der Waals surface area contributed by atoms with Gasteiger partial charge in [0, 0.05) is 34.9 Å². The number of benzene rings is 2. The number of hydrogen-bond acceptors (Lipinski definition) is 6. The van der Waals surface area contributed by atoms with Crippen molar-refractivity contribution in [2.45, 2.75) is 52.9 Å². The maximum Gasteiger partial charge on any atom is 0.254 e. The Labute approximate surface area is 218 Å². The Hall–Kier alpha value is -3.74. The fraction of sp³-hybridized carbons (Fsp3) is 0.400. The van der Waals surface area contributed by atoms with Gasteiger partial charge < -0.3 is 24.8 Å². The van der Waals surface area contributed by atoms with Crippen molar-refractivity contribution >= 4 is 17.4 Å². The third kappa shape index (κ3) is 5.36. The van der Waals surface area contributed by atoms with Crippen molar-refractivity contribution in [1.29, 1.82) is 0 Å². The molecule has 0 saturated heterocycles. The van der Waals surface area contributed by atoms with Gasteiger partial charge in [-0.2, -0.15) is 0 Å². The number of nitrogens with one attached hydrogen (secondary N) is 2. The number of hydrogen-bond donors (Lipinski definition) is 2. The average Bonchev–Trinajstić information content (AvgIpc) is 2.86. The second-order valence-electron chi connectivity index (χ2n) is 10.3. The van der Waals surface area contributed by atoms with Crippen LogP contribution in [0.5, 0.6) is 17.2 Å². The van der Waals surface area contributed by atoms with Gasteiger partial charge in [0.15, 0.2) is 17.3 Å². The molecule has 0 radical (unpaired) electrons. The van der Waals surface area contributed by atoms with Crippen LogP contribution in [0.2, 0.25) is 0 Å². The highest BCUT2D eigenvalue weighted by molar-refractivity contribution is 6.10. The molecule has 0 aromatic heterocycles. The van der Waals surface area contributed by atoms with Crippen LogP contribution in [-0.4, -0.2) is 32.5 Å². The molecule has 1 heterocycles. The Morgan fingerprint density at radius 2 is 1.78 bits per heavy atom. The Balaban J connectivity index is 1.82. The summed E-state index contributed by atoms with van der Waals surface area (Å²) >= 11 is 0. The Morgan fingerprint density at radius 1 is 1.05 bits per heavy atom. The standard InChI is InChI=1S/C30H36N2O5/c1-7-14-37-24-13-12-19(15-25(24)36-6)27-26(29(34)32-20-10-8-9-11-23(20)35-5)18(2)31-21-16-30(3,4)17-22(33)28(21)27/h8-13,15,27,31H,7,14,16-17H2,1-6H3,(H,32,34)/t27-/m1/s1. The van der Waals surface area contributed by atoms with Crippen LogP contribution < -0.4 is 24.8 Å². The second-order valence-corrected chi connectivity index (χ2v) is 10.3. The van der Waals surface area contributed by atoms with Crippen LogP contribution in [0.1, 0.15) is 58.4 Å². The summed E-state index contributed by atoms with van der Waals surface area (Å²) in [6.45, 7) is 8.68. The number of carbonyl (C=O) groups is 2. The monoisotopic (exact) mass is 504 g/mol. The summed E-state index contributed by atoms with van der Waals surface area (Å²) in [5.74, 6) is 0.955. The number of ketones is 1. The van der Waals surface area contributed by atoms with E-state index in [9.17, 15) is 9.59 Å². The molecule has 2 aliphatic rings. The molecule has 2 aromatic carbocycles. The summed E-state index contributed by atoms with van der Waals surface area (Å²) in [5, 5.41) is 6.41. The lowest BCUT2D eigenvalue weighted by atomic mass is 9.68. The van der Waals surface area contributed by atoms with Crippen LogP contribution in [0.25, 0.3) is 0 Å². The van der Waals surface area contributed by atoms with Crippen molar-refractivity contribution in [3.8, 4) is 17.2 Å². The first kappa shape index (κ1) is 26.3. The Morgan fingerprint density at radius 3 is 2.49 bits per heavy atom. The summed E-state index contributed by atoms with van der Waals surface area (Å²) in [6.07, 6.45) is 2.01. The Bertz CT molecular complexity index is 1270. The van der Waals surface area contributed by atoms with E-state index < -0.39 is 5.92 Å². The molecule has 4 rings (SSSR count). The first-order chi connectivity index (χ1) is 17.7. The molecular formula is C30H36N2O5. The molecular weight excluding hydrogens is 468 g/mol. The van der Waals surface area contributed by atoms with Crippen LogP contribution in [0.4, 0.5) is 5.69 Å². The highest BCUT2D eigenvalue weighted by Crippen LogP contribution is 2.48. The fourth-order valence-electron chi connectivity index (χ4n) is 5.20. The van der Waals surface area contributed by atoms with E-state index in [-0.39, 0.29) is 17.1 Å². The van der Waals surface area contributed by atoms with Gasteiger partial charge in [-0.1, -0.05) is 39.0 Å². The van der Waals surface area contributed by atoms with Gasteiger partial charge in [-0.25, -0.2) is 0 Å². The van der Waals surface area contributed by atoms with Gasteiger partial charge in [0.2, 0.25) is 0 Å². The van der Waals surface area contributed by atoms with E-state index in [0.29, 0.717) is 52.8 Å². The van der Waals surface area contributed by atoms with E-state index in [1.54, 1.807) is 26.4 Å². The van der Waals surface area contributed by atoms with Gasteiger partial charge >= 0.3 is 0 Å².